The summed E-state index contributed by atoms with van der Waals surface area (Å²) in [4.78, 5) is 17.7. The molecule has 1 aromatic heterocycles. The number of hydrogen-bond acceptors (Lipinski definition) is 4. The second-order valence-electron chi connectivity index (χ2n) is 6.21. The van der Waals surface area contributed by atoms with E-state index in [1.54, 1.807) is 10.6 Å². The second kappa shape index (κ2) is 7.38. The Morgan fingerprint density at radius 3 is 2.60 bits per heavy atom. The average Bonchev–Trinajstić information content (AvgIpc) is 2.61. The summed E-state index contributed by atoms with van der Waals surface area (Å²) < 4.78 is 1.56. The molecule has 0 amide bonds. The molecular formula is C20H22N4O. The number of benzene rings is 2. The van der Waals surface area contributed by atoms with Crippen molar-refractivity contribution in [3.63, 3.8) is 0 Å². The van der Waals surface area contributed by atoms with Crippen molar-refractivity contribution < 1.29 is 0 Å². The molecule has 1 heterocycles. The highest BCUT2D eigenvalue weighted by molar-refractivity contribution is 5.79. The first-order chi connectivity index (χ1) is 12.1. The van der Waals surface area contributed by atoms with Gasteiger partial charge in [0.25, 0.3) is 11.5 Å². The lowest BCUT2D eigenvalue weighted by Gasteiger charge is -2.12. The van der Waals surface area contributed by atoms with E-state index in [2.05, 4.69) is 22.1 Å². The van der Waals surface area contributed by atoms with E-state index < -0.39 is 0 Å². The lowest BCUT2D eigenvalue weighted by Crippen LogP contribution is -2.20. The highest BCUT2D eigenvalue weighted by atomic mass is 16.1. The molecule has 5 nitrogen and oxygen atoms in total. The van der Waals surface area contributed by atoms with E-state index >= 15 is 0 Å². The molecule has 0 bridgehead atoms. The van der Waals surface area contributed by atoms with Gasteiger partial charge in [-0.3, -0.25) is 4.79 Å². The molecule has 0 N–H and O–H groups in total. The van der Waals surface area contributed by atoms with E-state index in [-0.39, 0.29) is 11.6 Å². The van der Waals surface area contributed by atoms with Crippen LogP contribution in [0.5, 0.6) is 0 Å². The Balaban J connectivity index is 2.25. The maximum absolute atomic E-state index is 13.1. The van der Waals surface area contributed by atoms with Crippen LogP contribution in [0.25, 0.3) is 16.6 Å². The summed E-state index contributed by atoms with van der Waals surface area (Å²) >= 11 is 0. The number of nitrogens with zero attached hydrogens (tertiary/aromatic N) is 4. The first-order valence-electron chi connectivity index (χ1n) is 8.60. The number of rotatable bonds is 5. The summed E-state index contributed by atoms with van der Waals surface area (Å²) in [6, 6.07) is 15.2. The zero-order valence-electron chi connectivity index (χ0n) is 14.8. The Morgan fingerprint density at radius 2 is 1.84 bits per heavy atom. The van der Waals surface area contributed by atoms with Crippen molar-refractivity contribution in [2.45, 2.75) is 39.7 Å². The van der Waals surface area contributed by atoms with Crippen LogP contribution in [0.3, 0.4) is 0 Å². The van der Waals surface area contributed by atoms with E-state index in [0.29, 0.717) is 16.9 Å². The molecule has 0 aliphatic heterocycles. The van der Waals surface area contributed by atoms with Gasteiger partial charge in [0.2, 0.25) is 0 Å². The lowest BCUT2D eigenvalue weighted by atomic mass is 10.2. The monoisotopic (exact) mass is 334 g/mol. The smallest absolute Gasteiger partial charge is 0.267 e. The third kappa shape index (κ3) is 3.50. The summed E-state index contributed by atoms with van der Waals surface area (Å²) in [6.07, 6.45) is 1.99. The summed E-state index contributed by atoms with van der Waals surface area (Å²) in [5, 5.41) is 9.26. The molecule has 0 fully saturated rings. The first kappa shape index (κ1) is 17.0. The van der Waals surface area contributed by atoms with Gasteiger partial charge >= 0.3 is 0 Å². The van der Waals surface area contributed by atoms with Crippen LogP contribution in [0.2, 0.25) is 0 Å². The Bertz CT molecular complexity index is 975. The van der Waals surface area contributed by atoms with Gasteiger partial charge in [0.1, 0.15) is 0 Å². The van der Waals surface area contributed by atoms with Crippen LogP contribution < -0.4 is 5.56 Å². The van der Waals surface area contributed by atoms with Gasteiger partial charge < -0.3 is 0 Å². The van der Waals surface area contributed by atoms with Gasteiger partial charge in [-0.25, -0.2) is 9.55 Å². The maximum atomic E-state index is 13.1. The van der Waals surface area contributed by atoms with Crippen LogP contribution in [0.1, 0.15) is 32.3 Å². The maximum Gasteiger partial charge on any atom is 0.267 e. The second-order valence-corrected chi connectivity index (χ2v) is 6.21. The number of aryl methyl sites for hydroxylation is 1. The summed E-state index contributed by atoms with van der Waals surface area (Å²) in [5.41, 5.74) is 2.27. The minimum atomic E-state index is -0.128. The number of hydrogen-bond donors (Lipinski definition) is 0. The van der Waals surface area contributed by atoms with Gasteiger partial charge in [-0.15, -0.1) is 5.11 Å². The third-order valence-electron chi connectivity index (χ3n) is 4.17. The minimum Gasteiger partial charge on any atom is -0.268 e. The molecule has 2 aromatic carbocycles. The van der Waals surface area contributed by atoms with Crippen molar-refractivity contribution in [2.75, 3.05) is 0 Å². The first-order valence-corrected chi connectivity index (χ1v) is 8.60. The molecule has 0 aliphatic rings. The van der Waals surface area contributed by atoms with Crippen molar-refractivity contribution in [1.82, 2.24) is 9.55 Å². The lowest BCUT2D eigenvalue weighted by molar-refractivity contribution is 0.624. The predicted octanol–water partition coefficient (Wildman–Crippen LogP) is 4.97. The van der Waals surface area contributed by atoms with Gasteiger partial charge in [-0.05, 0) is 44.0 Å². The van der Waals surface area contributed by atoms with Crippen LogP contribution in [-0.4, -0.2) is 15.6 Å². The largest absolute Gasteiger partial charge is 0.268 e. The van der Waals surface area contributed by atoms with Crippen LogP contribution in [0.4, 0.5) is 5.95 Å². The zero-order valence-corrected chi connectivity index (χ0v) is 14.8. The summed E-state index contributed by atoms with van der Waals surface area (Å²) in [6.45, 7) is 6.10. The molecule has 25 heavy (non-hydrogen) atoms. The fourth-order valence-corrected chi connectivity index (χ4v) is 2.85. The van der Waals surface area contributed by atoms with E-state index in [1.807, 2.05) is 56.3 Å². The van der Waals surface area contributed by atoms with Gasteiger partial charge in [0.05, 0.1) is 22.6 Å². The molecule has 3 aromatic rings. The highest BCUT2D eigenvalue weighted by Crippen LogP contribution is 2.21. The minimum absolute atomic E-state index is 0.0960. The number of para-hydroxylation sites is 2. The van der Waals surface area contributed by atoms with Gasteiger partial charge in [-0.1, -0.05) is 43.7 Å². The van der Waals surface area contributed by atoms with Crippen molar-refractivity contribution >= 4 is 16.9 Å². The van der Waals surface area contributed by atoms with Crippen LogP contribution in [0, 0.1) is 6.92 Å². The van der Waals surface area contributed by atoms with Gasteiger partial charge in [0, 0.05) is 0 Å². The third-order valence-corrected chi connectivity index (χ3v) is 4.17. The van der Waals surface area contributed by atoms with E-state index in [9.17, 15) is 4.79 Å². The van der Waals surface area contributed by atoms with Crippen LogP contribution in [-0.2, 0) is 0 Å². The normalized spacial score (nSPS) is 12.8. The summed E-state index contributed by atoms with van der Waals surface area (Å²) in [5.74, 6) is 0.320. The van der Waals surface area contributed by atoms with Crippen molar-refractivity contribution in [3.8, 4) is 5.69 Å². The molecule has 1 atom stereocenters. The molecule has 0 radical (unpaired) electrons. The van der Waals surface area contributed by atoms with Gasteiger partial charge in [-0.2, -0.15) is 5.11 Å². The topological polar surface area (TPSA) is 59.6 Å². The molecule has 128 valence electrons. The van der Waals surface area contributed by atoms with Crippen molar-refractivity contribution in [2.24, 2.45) is 10.2 Å². The zero-order chi connectivity index (χ0) is 17.8. The molecule has 0 spiro atoms. The van der Waals surface area contributed by atoms with Crippen LogP contribution in [0.15, 0.2) is 63.6 Å². The number of aromatic nitrogens is 2. The quantitative estimate of drug-likeness (QED) is 0.619. The van der Waals surface area contributed by atoms with Crippen molar-refractivity contribution in [3.05, 3.63) is 64.4 Å². The molecule has 3 rings (SSSR count). The summed E-state index contributed by atoms with van der Waals surface area (Å²) in [7, 11) is 0. The standard InChI is InChI=1S/C20H22N4O/c1-4-9-15(3)22-23-20-21-17-12-7-6-11-16(17)19(25)24(20)18-13-8-5-10-14(18)2/h5-8,10-13,15H,4,9H2,1-3H3. The van der Waals surface area contributed by atoms with E-state index in [1.165, 1.54) is 0 Å². The fourth-order valence-electron chi connectivity index (χ4n) is 2.85. The Hall–Kier alpha value is -2.82. The molecule has 5 heteroatoms. The number of fused-ring (bicyclic) bond motifs is 1. The Labute approximate surface area is 147 Å². The molecule has 0 saturated heterocycles. The van der Waals surface area contributed by atoms with E-state index in [4.69, 9.17) is 0 Å². The molecule has 0 saturated carbocycles. The van der Waals surface area contributed by atoms with Gasteiger partial charge in [0.15, 0.2) is 0 Å². The molecular weight excluding hydrogens is 312 g/mol. The van der Waals surface area contributed by atoms with Crippen molar-refractivity contribution in [1.29, 1.82) is 0 Å². The Kier molecular flexibility index (Phi) is 5.03. The van der Waals surface area contributed by atoms with E-state index in [0.717, 1.165) is 24.1 Å². The number of azo groups is 1. The average molecular weight is 334 g/mol. The molecule has 1 unspecified atom stereocenters. The SMILES string of the molecule is CCCC(C)N=Nc1nc2ccccc2c(=O)n1-c1ccccc1C. The Morgan fingerprint density at radius 1 is 1.12 bits per heavy atom. The highest BCUT2D eigenvalue weighted by Gasteiger charge is 2.14. The fraction of sp³-hybridized carbons (Fsp3) is 0.300. The van der Waals surface area contributed by atoms with Crippen LogP contribution >= 0.6 is 0 Å². The molecule has 0 aliphatic carbocycles. The predicted molar refractivity (Wildman–Crippen MR) is 101 cm³/mol.